The van der Waals surface area contributed by atoms with E-state index in [1.165, 1.54) is 17.4 Å². The van der Waals surface area contributed by atoms with E-state index in [-0.39, 0.29) is 30.2 Å². The number of amides is 2. The molecule has 0 spiro atoms. The van der Waals surface area contributed by atoms with E-state index >= 15 is 0 Å². The van der Waals surface area contributed by atoms with Gasteiger partial charge >= 0.3 is 0 Å². The Balaban J connectivity index is 1.67. The first-order valence-electron chi connectivity index (χ1n) is 7.77. The molecule has 3 rings (SSSR count). The van der Waals surface area contributed by atoms with Gasteiger partial charge in [-0.15, -0.1) is 11.3 Å². The van der Waals surface area contributed by atoms with Gasteiger partial charge in [0.15, 0.2) is 0 Å². The Morgan fingerprint density at radius 1 is 1.48 bits per heavy atom. The highest BCUT2D eigenvalue weighted by molar-refractivity contribution is 7.13. The van der Waals surface area contributed by atoms with Crippen molar-refractivity contribution in [2.45, 2.75) is 25.6 Å². The monoisotopic (exact) mass is 361 g/mol. The van der Waals surface area contributed by atoms with Crippen LogP contribution in [-0.4, -0.2) is 42.0 Å². The van der Waals surface area contributed by atoms with Crippen molar-refractivity contribution in [2.24, 2.45) is 0 Å². The summed E-state index contributed by atoms with van der Waals surface area (Å²) >= 11 is 1.39. The minimum absolute atomic E-state index is 0.00969. The van der Waals surface area contributed by atoms with E-state index in [1.54, 1.807) is 17.0 Å². The number of aryl methyl sites for hydroxylation is 1. The Kier molecular flexibility index (Phi) is 4.86. The zero-order valence-corrected chi connectivity index (χ0v) is 14.3. The fourth-order valence-corrected chi connectivity index (χ4v) is 3.55. The fraction of sp³-hybridized carbons (Fsp3) is 0.353. The van der Waals surface area contributed by atoms with E-state index in [9.17, 15) is 14.0 Å². The van der Waals surface area contributed by atoms with Gasteiger partial charge in [0.05, 0.1) is 16.5 Å². The third kappa shape index (κ3) is 3.72. The number of hydrogen-bond acceptors (Lipinski definition) is 5. The molecule has 2 aromatic heterocycles. The highest BCUT2D eigenvalue weighted by Gasteiger charge is 2.33. The maximum atomic E-state index is 14.2. The molecule has 3 heterocycles. The van der Waals surface area contributed by atoms with Crippen molar-refractivity contribution in [2.75, 3.05) is 13.1 Å². The van der Waals surface area contributed by atoms with E-state index in [2.05, 4.69) is 5.32 Å². The number of hydrogen-bond donors (Lipinski definition) is 1. The van der Waals surface area contributed by atoms with Crippen LogP contribution in [-0.2, 0) is 0 Å². The van der Waals surface area contributed by atoms with Gasteiger partial charge in [0.25, 0.3) is 11.8 Å². The second-order valence-corrected chi connectivity index (χ2v) is 7.15. The summed E-state index contributed by atoms with van der Waals surface area (Å²) in [4.78, 5) is 27.9. The molecule has 2 aromatic rings. The second kappa shape index (κ2) is 7.07. The SMILES string of the molecule is Cc1ccc(C(=O)N2CC[C@@H](F)[C@H](NC(=O)c3coc(C#N)c3)C2)s1. The van der Waals surface area contributed by atoms with Gasteiger partial charge in [-0.3, -0.25) is 9.59 Å². The molecular weight excluding hydrogens is 345 g/mol. The number of nitrogens with one attached hydrogen (secondary N) is 1. The van der Waals surface area contributed by atoms with Crippen molar-refractivity contribution in [1.82, 2.24) is 10.2 Å². The maximum absolute atomic E-state index is 14.2. The first-order chi connectivity index (χ1) is 12.0. The number of alkyl halides is 1. The van der Waals surface area contributed by atoms with Crippen molar-refractivity contribution in [3.8, 4) is 6.07 Å². The topological polar surface area (TPSA) is 86.3 Å². The highest BCUT2D eigenvalue weighted by Crippen LogP contribution is 2.21. The van der Waals surface area contributed by atoms with Crippen LogP contribution in [0.5, 0.6) is 0 Å². The Bertz CT molecular complexity index is 838. The normalized spacial score (nSPS) is 20.1. The summed E-state index contributed by atoms with van der Waals surface area (Å²) < 4.78 is 19.1. The summed E-state index contributed by atoms with van der Waals surface area (Å²) in [6.07, 6.45) is 0.0809. The average Bonchev–Trinajstić information content (AvgIpc) is 3.25. The van der Waals surface area contributed by atoms with Crippen molar-refractivity contribution < 1.29 is 18.4 Å². The lowest BCUT2D eigenvalue weighted by molar-refractivity contribution is 0.0570. The fourth-order valence-electron chi connectivity index (χ4n) is 2.71. The lowest BCUT2D eigenvalue weighted by Gasteiger charge is -2.35. The van der Waals surface area contributed by atoms with E-state index < -0.39 is 18.1 Å². The summed E-state index contributed by atoms with van der Waals surface area (Å²) in [7, 11) is 0. The summed E-state index contributed by atoms with van der Waals surface area (Å²) in [6, 6.07) is 5.90. The zero-order chi connectivity index (χ0) is 18.0. The van der Waals surface area contributed by atoms with Crippen LogP contribution in [0.2, 0.25) is 0 Å². The highest BCUT2D eigenvalue weighted by atomic mass is 32.1. The number of likely N-dealkylation sites (tertiary alicyclic amines) is 1. The number of piperidine rings is 1. The minimum atomic E-state index is -1.24. The zero-order valence-electron chi connectivity index (χ0n) is 13.5. The first-order valence-corrected chi connectivity index (χ1v) is 8.59. The molecule has 0 saturated carbocycles. The van der Waals surface area contributed by atoms with Crippen molar-refractivity contribution in [3.63, 3.8) is 0 Å². The standard InChI is InChI=1S/C17H16FN3O3S/c1-10-2-3-15(25-10)17(23)21-5-4-13(18)14(8-21)20-16(22)11-6-12(7-19)24-9-11/h2-3,6,9,13-14H,4-5,8H2,1H3,(H,20,22)/t13-,14-/m1/s1. The minimum Gasteiger partial charge on any atom is -0.453 e. The number of carbonyl (C=O) groups is 2. The summed E-state index contributed by atoms with van der Waals surface area (Å²) in [5, 5.41) is 11.3. The van der Waals surface area contributed by atoms with Gasteiger partial charge in [-0.2, -0.15) is 5.26 Å². The molecule has 1 N–H and O–H groups in total. The van der Waals surface area contributed by atoms with Gasteiger partial charge in [0, 0.05) is 24.0 Å². The molecule has 1 saturated heterocycles. The molecule has 0 aromatic carbocycles. The van der Waals surface area contributed by atoms with E-state index in [1.807, 2.05) is 13.0 Å². The van der Waals surface area contributed by atoms with E-state index in [0.717, 1.165) is 11.1 Å². The molecular formula is C17H16FN3O3S. The second-order valence-electron chi connectivity index (χ2n) is 5.86. The number of rotatable bonds is 3. The van der Waals surface area contributed by atoms with Crippen LogP contribution in [0.3, 0.4) is 0 Å². The molecule has 0 aliphatic carbocycles. The Hall–Kier alpha value is -2.66. The molecule has 1 aliphatic heterocycles. The van der Waals surface area contributed by atoms with Crippen LogP contribution in [0.1, 0.15) is 37.1 Å². The predicted molar refractivity (Wildman–Crippen MR) is 89.1 cm³/mol. The van der Waals surface area contributed by atoms with Gasteiger partial charge in [0.1, 0.15) is 18.5 Å². The molecule has 25 heavy (non-hydrogen) atoms. The molecule has 2 atom stereocenters. The molecule has 6 nitrogen and oxygen atoms in total. The van der Waals surface area contributed by atoms with E-state index in [4.69, 9.17) is 9.68 Å². The molecule has 0 unspecified atom stereocenters. The van der Waals surface area contributed by atoms with Crippen LogP contribution in [0.15, 0.2) is 28.9 Å². The molecule has 0 bridgehead atoms. The average molecular weight is 361 g/mol. The van der Waals surface area contributed by atoms with Crippen molar-refractivity contribution in [1.29, 1.82) is 5.26 Å². The third-order valence-corrected chi connectivity index (χ3v) is 5.04. The number of nitrogens with zero attached hydrogens (tertiary/aromatic N) is 2. The van der Waals surface area contributed by atoms with Crippen LogP contribution in [0.4, 0.5) is 4.39 Å². The van der Waals surface area contributed by atoms with Crippen LogP contribution in [0.25, 0.3) is 0 Å². The quantitative estimate of drug-likeness (QED) is 0.910. The molecule has 1 aliphatic rings. The van der Waals surface area contributed by atoms with Gasteiger partial charge in [-0.25, -0.2) is 4.39 Å². The van der Waals surface area contributed by atoms with Gasteiger partial charge in [-0.05, 0) is 25.5 Å². The van der Waals surface area contributed by atoms with Gasteiger partial charge < -0.3 is 14.6 Å². The summed E-state index contributed by atoms with van der Waals surface area (Å²) in [6.45, 7) is 2.33. The number of halogens is 1. The maximum Gasteiger partial charge on any atom is 0.264 e. The van der Waals surface area contributed by atoms with Crippen LogP contribution < -0.4 is 5.32 Å². The number of carbonyl (C=O) groups excluding carboxylic acids is 2. The Morgan fingerprint density at radius 3 is 2.92 bits per heavy atom. The lowest BCUT2D eigenvalue weighted by atomic mass is 10.0. The van der Waals surface area contributed by atoms with E-state index in [0.29, 0.717) is 11.4 Å². The Labute approximate surface area is 147 Å². The van der Waals surface area contributed by atoms with Crippen LogP contribution >= 0.6 is 11.3 Å². The smallest absolute Gasteiger partial charge is 0.264 e. The molecule has 0 radical (unpaired) electrons. The molecule has 2 amide bonds. The number of thiophene rings is 1. The first kappa shape index (κ1) is 17.2. The van der Waals surface area contributed by atoms with Gasteiger partial charge in [0.2, 0.25) is 5.76 Å². The molecule has 130 valence electrons. The largest absolute Gasteiger partial charge is 0.453 e. The van der Waals surface area contributed by atoms with Crippen molar-refractivity contribution >= 4 is 23.2 Å². The van der Waals surface area contributed by atoms with Crippen molar-refractivity contribution in [3.05, 3.63) is 45.5 Å². The summed E-state index contributed by atoms with van der Waals surface area (Å²) in [5.41, 5.74) is 0.154. The van der Waals surface area contributed by atoms with Gasteiger partial charge in [-0.1, -0.05) is 0 Å². The molecule has 1 fully saturated rings. The molecule has 8 heteroatoms. The Morgan fingerprint density at radius 2 is 2.28 bits per heavy atom. The lowest BCUT2D eigenvalue weighted by Crippen LogP contribution is -2.55. The van der Waals surface area contributed by atoms with Crippen LogP contribution in [0, 0.1) is 18.3 Å². The number of furan rings is 1. The summed E-state index contributed by atoms with van der Waals surface area (Å²) in [5.74, 6) is -0.672. The third-order valence-electron chi connectivity index (χ3n) is 4.06. The number of nitriles is 1. The predicted octanol–water partition coefficient (Wildman–Crippen LogP) is 2.50.